The van der Waals surface area contributed by atoms with Gasteiger partial charge in [0, 0.05) is 94.3 Å². The summed E-state index contributed by atoms with van der Waals surface area (Å²) in [5.74, 6) is -0.277. The first-order valence-electron chi connectivity index (χ1n) is 19.9. The quantitative estimate of drug-likeness (QED) is 0.161. The van der Waals surface area contributed by atoms with E-state index in [1.165, 1.54) is 14.2 Å². The van der Waals surface area contributed by atoms with Gasteiger partial charge in [0.15, 0.2) is 0 Å². The van der Waals surface area contributed by atoms with Crippen molar-refractivity contribution in [2.75, 3.05) is 54.6 Å². The third kappa shape index (κ3) is 4.95. The maximum atomic E-state index is 14.3. The average molecular weight is 751 g/mol. The molecule has 4 fully saturated rings. The number of ether oxygens (including phenoxy) is 3. The summed E-state index contributed by atoms with van der Waals surface area (Å²) >= 11 is 0. The number of likely N-dealkylation sites (tertiary alicyclic amines) is 1. The fraction of sp³-hybridized carbons (Fsp3) is 0.545. The van der Waals surface area contributed by atoms with Crippen LogP contribution >= 0.6 is 0 Å². The van der Waals surface area contributed by atoms with Crippen LogP contribution in [0.25, 0.3) is 21.8 Å². The molecule has 2 aromatic heterocycles. The lowest BCUT2D eigenvalue weighted by Crippen LogP contribution is -2.68. The lowest BCUT2D eigenvalue weighted by atomic mass is 9.56. The lowest BCUT2D eigenvalue weighted by Gasteiger charge is -2.58. The summed E-state index contributed by atoms with van der Waals surface area (Å²) in [4.78, 5) is 40.8. The normalized spacial score (nSPS) is 34.0. The number of aromatic nitrogens is 2. The molecular formula is C44H54N4O7. The SMILES string of the molecule is C/C=C1/CN(C)[C@H]2Cc3c([nH]c4ccccc34)[C@@H](c3cc4c5c([nH]c4cc3OC)[C@]3(C(=O)OC)C[C@H]4C[C@H]([C@H](C)O)[C@@H]3N(CC5)C4)C[C@@H]1[C@]2(CO)C(=O)OC. The maximum Gasteiger partial charge on any atom is 0.319 e. The number of carbonyl (C=O) groups is 2. The van der Waals surface area contributed by atoms with Crippen LogP contribution in [-0.4, -0.2) is 115 Å². The van der Waals surface area contributed by atoms with Crippen LogP contribution in [0.1, 0.15) is 67.1 Å². The van der Waals surface area contributed by atoms with Gasteiger partial charge in [-0.05, 0) is 82.2 Å². The van der Waals surface area contributed by atoms with Crippen LogP contribution in [0.2, 0.25) is 0 Å². The predicted octanol–water partition coefficient (Wildman–Crippen LogP) is 4.82. The molecule has 2 aliphatic carbocycles. The number of H-pyrrole nitrogens is 2. The number of piperidine rings is 3. The van der Waals surface area contributed by atoms with Gasteiger partial charge in [0.2, 0.25) is 0 Å². The Morgan fingerprint density at radius 1 is 1.04 bits per heavy atom. The van der Waals surface area contributed by atoms with Crippen LogP contribution in [0, 0.1) is 23.2 Å². The molecular weight excluding hydrogens is 697 g/mol. The van der Waals surface area contributed by atoms with Gasteiger partial charge in [-0.3, -0.25) is 19.4 Å². The Bertz CT molecular complexity index is 2220. The molecule has 10 rings (SSSR count). The number of nitrogens with one attached hydrogen (secondary N) is 2. The summed E-state index contributed by atoms with van der Waals surface area (Å²) in [6.07, 6.45) is 4.95. The number of carbonyl (C=O) groups excluding carboxylic acids is 2. The Morgan fingerprint density at radius 2 is 1.82 bits per heavy atom. The molecule has 0 spiro atoms. The number of hydrogen-bond donors (Lipinski definition) is 4. The molecule has 11 heteroatoms. The van der Waals surface area contributed by atoms with Crippen LogP contribution in [0.4, 0.5) is 0 Å². The minimum atomic E-state index is -1.20. The Balaban J connectivity index is 1.29. The third-order valence-corrected chi connectivity index (χ3v) is 14.8. The van der Waals surface area contributed by atoms with Crippen LogP contribution in [0.5, 0.6) is 5.75 Å². The first kappa shape index (κ1) is 36.5. The van der Waals surface area contributed by atoms with E-state index in [4.69, 9.17) is 14.2 Å². The van der Waals surface area contributed by atoms with Crippen molar-refractivity contribution < 1.29 is 34.0 Å². The number of aliphatic hydroxyl groups is 2. The molecule has 6 bridgehead atoms. The number of aliphatic hydroxyl groups excluding tert-OH is 2. The Kier molecular flexibility index (Phi) is 8.77. The number of benzene rings is 2. The molecule has 1 saturated carbocycles. The zero-order valence-electron chi connectivity index (χ0n) is 32.8. The molecule has 4 aromatic rings. The van der Waals surface area contributed by atoms with Crippen molar-refractivity contribution >= 4 is 33.7 Å². The molecule has 3 saturated heterocycles. The number of methoxy groups -OCH3 is 3. The zero-order chi connectivity index (χ0) is 38.6. The van der Waals surface area contributed by atoms with Gasteiger partial charge >= 0.3 is 11.9 Å². The van der Waals surface area contributed by atoms with Crippen LogP contribution in [0.15, 0.2) is 48.0 Å². The van der Waals surface area contributed by atoms with E-state index < -0.39 is 22.9 Å². The number of hydrogen-bond acceptors (Lipinski definition) is 9. The van der Waals surface area contributed by atoms with Crippen molar-refractivity contribution in [1.29, 1.82) is 0 Å². The number of aromatic amines is 2. The number of nitrogens with zero attached hydrogens (tertiary/aromatic N) is 2. The second kappa shape index (κ2) is 13.2. The first-order chi connectivity index (χ1) is 26.6. The van der Waals surface area contributed by atoms with Gasteiger partial charge in [0.1, 0.15) is 16.6 Å². The van der Waals surface area contributed by atoms with E-state index in [1.54, 1.807) is 7.11 Å². The van der Waals surface area contributed by atoms with Crippen molar-refractivity contribution in [3.8, 4) is 5.75 Å². The molecule has 4 aliphatic heterocycles. The molecule has 6 heterocycles. The Labute approximate surface area is 322 Å². The van der Waals surface area contributed by atoms with Gasteiger partial charge in [0.05, 0.1) is 34.0 Å². The van der Waals surface area contributed by atoms with Crippen molar-refractivity contribution in [3.05, 3.63) is 76.1 Å². The van der Waals surface area contributed by atoms with E-state index in [0.29, 0.717) is 31.6 Å². The highest BCUT2D eigenvalue weighted by atomic mass is 16.5. The second-order valence-corrected chi connectivity index (χ2v) is 17.1. The average Bonchev–Trinajstić information content (AvgIpc) is 3.72. The molecule has 10 atom stereocenters. The number of fused-ring (bicyclic) bond motifs is 9. The van der Waals surface area contributed by atoms with E-state index >= 15 is 0 Å². The summed E-state index contributed by atoms with van der Waals surface area (Å²) < 4.78 is 17.6. The van der Waals surface area contributed by atoms with Crippen LogP contribution < -0.4 is 4.74 Å². The molecule has 0 radical (unpaired) electrons. The molecule has 4 N–H and O–H groups in total. The number of para-hydroxylation sites is 1. The van der Waals surface area contributed by atoms with Gasteiger partial charge in [0.25, 0.3) is 0 Å². The highest BCUT2D eigenvalue weighted by molar-refractivity contribution is 5.93. The summed E-state index contributed by atoms with van der Waals surface area (Å²) in [5.41, 5.74) is 6.09. The predicted molar refractivity (Wildman–Crippen MR) is 209 cm³/mol. The highest BCUT2D eigenvalue weighted by Crippen LogP contribution is 2.57. The molecule has 11 nitrogen and oxygen atoms in total. The van der Waals surface area contributed by atoms with Crippen molar-refractivity contribution in [2.45, 2.75) is 75.5 Å². The molecule has 0 amide bonds. The largest absolute Gasteiger partial charge is 0.496 e. The van der Waals surface area contributed by atoms with E-state index in [-0.39, 0.29) is 48.3 Å². The molecule has 292 valence electrons. The summed E-state index contributed by atoms with van der Waals surface area (Å²) in [6, 6.07) is 12.2. The number of esters is 2. The maximum absolute atomic E-state index is 14.3. The van der Waals surface area contributed by atoms with Gasteiger partial charge in [-0.1, -0.05) is 29.8 Å². The summed E-state index contributed by atoms with van der Waals surface area (Å²) in [7, 11) is 6.65. The Hall–Kier alpha value is -4.16. The summed E-state index contributed by atoms with van der Waals surface area (Å²) in [6.45, 7) is 5.90. The van der Waals surface area contributed by atoms with Gasteiger partial charge in [-0.25, -0.2) is 0 Å². The fourth-order valence-electron chi connectivity index (χ4n) is 12.5. The minimum Gasteiger partial charge on any atom is -0.496 e. The van der Waals surface area contributed by atoms with Crippen molar-refractivity contribution in [3.63, 3.8) is 0 Å². The second-order valence-electron chi connectivity index (χ2n) is 17.1. The lowest BCUT2D eigenvalue weighted by molar-refractivity contribution is -0.169. The highest BCUT2D eigenvalue weighted by Gasteiger charge is 2.64. The van der Waals surface area contributed by atoms with E-state index in [1.807, 2.05) is 27.0 Å². The summed E-state index contributed by atoms with van der Waals surface area (Å²) in [5, 5.41) is 24.7. The van der Waals surface area contributed by atoms with Crippen LogP contribution in [0.3, 0.4) is 0 Å². The number of rotatable bonds is 6. The van der Waals surface area contributed by atoms with Gasteiger partial charge in [-0.15, -0.1) is 0 Å². The molecule has 55 heavy (non-hydrogen) atoms. The topological polar surface area (TPSA) is 140 Å². The number of allylic oxidation sites excluding steroid dienone is 1. The van der Waals surface area contributed by atoms with Crippen molar-refractivity contribution in [1.82, 2.24) is 19.8 Å². The molecule has 1 unspecified atom stereocenters. The van der Waals surface area contributed by atoms with Crippen molar-refractivity contribution in [2.24, 2.45) is 23.2 Å². The molecule has 6 aliphatic rings. The minimum absolute atomic E-state index is 0.0507. The van der Waals surface area contributed by atoms with E-state index in [2.05, 4.69) is 56.2 Å². The van der Waals surface area contributed by atoms with E-state index in [9.17, 15) is 19.8 Å². The Morgan fingerprint density at radius 3 is 2.53 bits per heavy atom. The van der Waals surface area contributed by atoms with E-state index in [0.717, 1.165) is 81.4 Å². The van der Waals surface area contributed by atoms with Crippen LogP contribution in [-0.2, 0) is 37.3 Å². The standard InChI is InChI=1S/C44H54N4O7/c1-7-25-21-47(3)37-17-32-26-10-8-9-11-34(26)45-38(32)31(16-33(25)44(37,22-49)42(52)55-6)30-15-29-27-12-13-48-20-24-14-28(23(2)50)40(48)43(19-24,41(51)54-5)39(27)46-35(29)18-36(30)53-4/h7-11,15,18,23-24,28,31,33,37,40,45-46,49-50H,12-14,16-17,19-22H2,1-6H3/b25-7-/t23-,24+,28+,31+,33-,37-,40-,43+,44-/m0/s1. The first-order valence-corrected chi connectivity index (χ1v) is 19.9. The van der Waals surface area contributed by atoms with Gasteiger partial charge in [-0.2, -0.15) is 0 Å². The molecule has 2 aromatic carbocycles. The smallest absolute Gasteiger partial charge is 0.319 e. The fourth-order valence-corrected chi connectivity index (χ4v) is 12.5. The number of likely N-dealkylation sites (N-methyl/N-ethyl adjacent to an activating group) is 1. The third-order valence-electron chi connectivity index (χ3n) is 14.8. The monoisotopic (exact) mass is 750 g/mol. The van der Waals surface area contributed by atoms with Gasteiger partial charge < -0.3 is 34.4 Å². The zero-order valence-corrected chi connectivity index (χ0v) is 32.8.